The number of hydrogen-bond donors (Lipinski definition) is 0. The van der Waals surface area contributed by atoms with E-state index in [1.54, 1.807) is 6.20 Å². The van der Waals surface area contributed by atoms with E-state index in [0.29, 0.717) is 12.5 Å². The highest BCUT2D eigenvalue weighted by atomic mass is 16.5. The first-order chi connectivity index (χ1) is 12.4. The van der Waals surface area contributed by atoms with Gasteiger partial charge >= 0.3 is 0 Å². The van der Waals surface area contributed by atoms with Crippen molar-refractivity contribution in [1.29, 1.82) is 0 Å². The van der Waals surface area contributed by atoms with E-state index in [-0.39, 0.29) is 5.60 Å². The Morgan fingerprint density at radius 2 is 2.04 bits per heavy atom. The molecule has 3 aliphatic rings. The van der Waals surface area contributed by atoms with Gasteiger partial charge in [-0.2, -0.15) is 0 Å². The molecule has 1 atom stereocenters. The maximum absolute atomic E-state index is 6.33. The number of aromatic nitrogens is 1. The second-order valence-electron chi connectivity index (χ2n) is 8.08. The summed E-state index contributed by atoms with van der Waals surface area (Å²) >= 11 is 0. The molecule has 2 saturated heterocycles. The van der Waals surface area contributed by atoms with E-state index in [9.17, 15) is 0 Å². The fourth-order valence-corrected chi connectivity index (χ4v) is 5.18. The number of piperidine rings is 1. The smallest absolute Gasteiger partial charge is 0.0736 e. The summed E-state index contributed by atoms with van der Waals surface area (Å²) in [6, 6.07) is 4.91. The molecule has 0 bridgehead atoms. The largest absolute Gasteiger partial charge is 0.377 e. The second kappa shape index (κ2) is 8.15. The standard InChI is InChI=1S/C21H32N2O2/c1-2-6-20(5-1)23-12-9-21(10-13-23)19(8-15-25-21)7-14-24-17-18-4-3-11-22-16-18/h3-4,11,16,19-20H,1-2,5-10,12-15,17H2/t19-/m0/s1. The molecule has 0 N–H and O–H groups in total. The Morgan fingerprint density at radius 3 is 2.80 bits per heavy atom. The average Bonchev–Trinajstić information content (AvgIpc) is 3.32. The molecule has 3 fully saturated rings. The number of hydrogen-bond acceptors (Lipinski definition) is 4. The van der Waals surface area contributed by atoms with Crippen molar-refractivity contribution in [3.05, 3.63) is 30.1 Å². The van der Waals surface area contributed by atoms with Crippen LogP contribution < -0.4 is 0 Å². The number of pyridine rings is 1. The summed E-state index contributed by atoms with van der Waals surface area (Å²) in [6.45, 7) is 4.91. The number of ether oxygens (including phenoxy) is 2. The van der Waals surface area contributed by atoms with Crippen molar-refractivity contribution in [2.45, 2.75) is 69.6 Å². The molecule has 2 aliphatic heterocycles. The Kier molecular flexibility index (Phi) is 5.69. The molecule has 0 aromatic carbocycles. The van der Waals surface area contributed by atoms with Crippen molar-refractivity contribution >= 4 is 0 Å². The molecule has 4 nitrogen and oxygen atoms in total. The van der Waals surface area contributed by atoms with E-state index in [4.69, 9.17) is 9.47 Å². The van der Waals surface area contributed by atoms with Gasteiger partial charge in [-0.25, -0.2) is 0 Å². The Bertz CT molecular complexity index is 522. The lowest BCUT2D eigenvalue weighted by Gasteiger charge is -2.44. The zero-order valence-corrected chi connectivity index (χ0v) is 15.4. The van der Waals surface area contributed by atoms with Gasteiger partial charge in [0.1, 0.15) is 0 Å². The summed E-state index contributed by atoms with van der Waals surface area (Å²) in [6.07, 6.45) is 14.2. The van der Waals surface area contributed by atoms with Crippen LogP contribution in [0.2, 0.25) is 0 Å². The van der Waals surface area contributed by atoms with E-state index >= 15 is 0 Å². The summed E-state index contributed by atoms with van der Waals surface area (Å²) in [5.74, 6) is 0.673. The third-order valence-corrected chi connectivity index (χ3v) is 6.69. The number of nitrogens with zero attached hydrogens (tertiary/aromatic N) is 2. The van der Waals surface area contributed by atoms with Crippen LogP contribution >= 0.6 is 0 Å². The van der Waals surface area contributed by atoms with Crippen LogP contribution in [0, 0.1) is 5.92 Å². The molecule has 4 heteroatoms. The van der Waals surface area contributed by atoms with Gasteiger partial charge in [-0.05, 0) is 56.1 Å². The summed E-state index contributed by atoms with van der Waals surface area (Å²) in [5.41, 5.74) is 1.30. The first-order valence-corrected chi connectivity index (χ1v) is 10.2. The fraction of sp³-hybridized carbons (Fsp3) is 0.762. The lowest BCUT2D eigenvalue weighted by Crippen LogP contribution is -2.50. The van der Waals surface area contributed by atoms with Gasteiger partial charge in [0.2, 0.25) is 0 Å². The number of likely N-dealkylation sites (tertiary alicyclic amines) is 1. The summed E-state index contributed by atoms with van der Waals surface area (Å²) in [7, 11) is 0. The molecule has 0 unspecified atom stereocenters. The van der Waals surface area contributed by atoms with Crippen molar-refractivity contribution < 1.29 is 9.47 Å². The van der Waals surface area contributed by atoms with Gasteiger partial charge in [0, 0.05) is 44.7 Å². The van der Waals surface area contributed by atoms with Crippen LogP contribution in [-0.4, -0.2) is 47.8 Å². The second-order valence-corrected chi connectivity index (χ2v) is 8.08. The highest BCUT2D eigenvalue weighted by Crippen LogP contribution is 2.43. The first kappa shape index (κ1) is 17.4. The van der Waals surface area contributed by atoms with Crippen LogP contribution in [0.1, 0.15) is 56.9 Å². The van der Waals surface area contributed by atoms with Crippen LogP contribution in [0.3, 0.4) is 0 Å². The van der Waals surface area contributed by atoms with Crippen LogP contribution in [0.4, 0.5) is 0 Å². The Morgan fingerprint density at radius 1 is 1.20 bits per heavy atom. The highest BCUT2D eigenvalue weighted by molar-refractivity contribution is 5.06. The SMILES string of the molecule is c1cncc(COCC[C@H]2CCOC23CCN(C2CCCC2)CC3)c1. The van der Waals surface area contributed by atoms with Gasteiger partial charge in [0.05, 0.1) is 12.2 Å². The first-order valence-electron chi connectivity index (χ1n) is 10.2. The minimum Gasteiger partial charge on any atom is -0.377 e. The van der Waals surface area contributed by atoms with Crippen LogP contribution in [-0.2, 0) is 16.1 Å². The lowest BCUT2D eigenvalue weighted by atomic mass is 9.78. The molecule has 1 saturated carbocycles. The van der Waals surface area contributed by atoms with Gasteiger partial charge in [-0.15, -0.1) is 0 Å². The Hall–Kier alpha value is -0.970. The maximum atomic E-state index is 6.33. The van der Waals surface area contributed by atoms with E-state index in [0.717, 1.165) is 31.2 Å². The molecule has 1 spiro atoms. The topological polar surface area (TPSA) is 34.6 Å². The lowest BCUT2D eigenvalue weighted by molar-refractivity contribution is -0.0777. The van der Waals surface area contributed by atoms with E-state index in [2.05, 4.69) is 16.0 Å². The predicted octanol–water partition coefficient (Wildman–Crippen LogP) is 3.80. The molecule has 1 aromatic heterocycles. The molecular weight excluding hydrogens is 312 g/mol. The van der Waals surface area contributed by atoms with Crippen LogP contribution in [0.25, 0.3) is 0 Å². The normalized spacial score (nSPS) is 27.3. The van der Waals surface area contributed by atoms with E-state index in [1.165, 1.54) is 58.0 Å². The Balaban J connectivity index is 1.23. The predicted molar refractivity (Wildman–Crippen MR) is 98.4 cm³/mol. The molecule has 1 aromatic rings. The molecule has 3 heterocycles. The summed E-state index contributed by atoms with van der Waals surface area (Å²) < 4.78 is 12.2. The molecule has 0 amide bonds. The summed E-state index contributed by atoms with van der Waals surface area (Å²) in [5, 5.41) is 0. The van der Waals surface area contributed by atoms with Crippen molar-refractivity contribution in [3.63, 3.8) is 0 Å². The average molecular weight is 344 g/mol. The monoisotopic (exact) mass is 344 g/mol. The van der Waals surface area contributed by atoms with Crippen molar-refractivity contribution in [2.75, 3.05) is 26.3 Å². The molecule has 1 aliphatic carbocycles. The fourth-order valence-electron chi connectivity index (χ4n) is 5.18. The van der Waals surface area contributed by atoms with E-state index in [1.807, 2.05) is 12.3 Å². The van der Waals surface area contributed by atoms with Crippen molar-refractivity contribution in [2.24, 2.45) is 5.92 Å². The van der Waals surface area contributed by atoms with E-state index < -0.39 is 0 Å². The van der Waals surface area contributed by atoms with Gasteiger partial charge in [-0.3, -0.25) is 4.98 Å². The third-order valence-electron chi connectivity index (χ3n) is 6.69. The molecule has 4 rings (SSSR count). The highest BCUT2D eigenvalue weighted by Gasteiger charge is 2.46. The van der Waals surface area contributed by atoms with Gasteiger partial charge in [-0.1, -0.05) is 18.9 Å². The minimum atomic E-state index is 0.146. The minimum absolute atomic E-state index is 0.146. The van der Waals surface area contributed by atoms with Gasteiger partial charge < -0.3 is 14.4 Å². The van der Waals surface area contributed by atoms with Gasteiger partial charge in [0.15, 0.2) is 0 Å². The van der Waals surface area contributed by atoms with Gasteiger partial charge in [0.25, 0.3) is 0 Å². The summed E-state index contributed by atoms with van der Waals surface area (Å²) in [4.78, 5) is 6.89. The molecule has 25 heavy (non-hydrogen) atoms. The molecule has 0 radical (unpaired) electrons. The van der Waals surface area contributed by atoms with Crippen LogP contribution in [0.15, 0.2) is 24.5 Å². The molecule has 138 valence electrons. The zero-order chi connectivity index (χ0) is 17.0. The number of rotatable bonds is 6. The zero-order valence-electron chi connectivity index (χ0n) is 15.4. The quantitative estimate of drug-likeness (QED) is 0.735. The Labute approximate surface area is 151 Å². The third kappa shape index (κ3) is 4.07. The van der Waals surface area contributed by atoms with Crippen molar-refractivity contribution in [3.8, 4) is 0 Å². The molecular formula is C21H32N2O2. The maximum Gasteiger partial charge on any atom is 0.0736 e. The van der Waals surface area contributed by atoms with Crippen LogP contribution in [0.5, 0.6) is 0 Å². The van der Waals surface area contributed by atoms with Crippen molar-refractivity contribution in [1.82, 2.24) is 9.88 Å².